The minimum atomic E-state index is -0.0112. The van der Waals surface area contributed by atoms with Gasteiger partial charge in [0.05, 0.1) is 13.0 Å². The van der Waals surface area contributed by atoms with Crippen LogP contribution in [0.2, 0.25) is 5.02 Å². The second kappa shape index (κ2) is 7.51. The Labute approximate surface area is 145 Å². The number of rotatable bonds is 6. The molecule has 0 aliphatic heterocycles. The summed E-state index contributed by atoms with van der Waals surface area (Å²) in [4.78, 5) is 15.3. The van der Waals surface area contributed by atoms with Crippen LogP contribution in [0.15, 0.2) is 48.7 Å². The molecular formula is C19H19ClN2O2. The second-order valence-electron chi connectivity index (χ2n) is 5.76. The van der Waals surface area contributed by atoms with Crippen molar-refractivity contribution in [3.8, 4) is 0 Å². The zero-order valence-electron chi connectivity index (χ0n) is 13.2. The molecule has 1 heterocycles. The number of aromatic amines is 1. The number of H-pyrrole nitrogens is 1. The summed E-state index contributed by atoms with van der Waals surface area (Å²) in [5.74, 6) is -0.0112. The molecule has 3 N–H and O–H groups in total. The first kappa shape index (κ1) is 16.6. The molecule has 3 aromatic rings. The van der Waals surface area contributed by atoms with Gasteiger partial charge in [0.1, 0.15) is 0 Å². The minimum absolute atomic E-state index is 0.0112. The van der Waals surface area contributed by atoms with E-state index < -0.39 is 0 Å². The Kier molecular flexibility index (Phi) is 5.18. The molecule has 0 saturated heterocycles. The molecule has 0 saturated carbocycles. The number of hydrogen-bond donors (Lipinski definition) is 3. The molecule has 4 nitrogen and oxygen atoms in total. The summed E-state index contributed by atoms with van der Waals surface area (Å²) in [6.07, 6.45) is 2.94. The van der Waals surface area contributed by atoms with Crippen molar-refractivity contribution in [3.63, 3.8) is 0 Å². The summed E-state index contributed by atoms with van der Waals surface area (Å²) in [6, 6.07) is 13.3. The second-order valence-corrected chi connectivity index (χ2v) is 6.19. The van der Waals surface area contributed by atoms with E-state index in [1.165, 1.54) is 0 Å². The average molecular weight is 343 g/mol. The van der Waals surface area contributed by atoms with Crippen LogP contribution in [0.5, 0.6) is 0 Å². The zero-order valence-corrected chi connectivity index (χ0v) is 13.9. The van der Waals surface area contributed by atoms with Crippen LogP contribution in [0.25, 0.3) is 10.9 Å². The van der Waals surface area contributed by atoms with Gasteiger partial charge in [0, 0.05) is 28.7 Å². The number of aliphatic hydroxyl groups is 1. The summed E-state index contributed by atoms with van der Waals surface area (Å²) in [6.45, 7) is 0.631. The van der Waals surface area contributed by atoms with E-state index in [0.29, 0.717) is 18.0 Å². The summed E-state index contributed by atoms with van der Waals surface area (Å²) in [5.41, 5.74) is 3.94. The van der Waals surface area contributed by atoms with Crippen molar-refractivity contribution in [1.29, 1.82) is 0 Å². The molecule has 0 unspecified atom stereocenters. The van der Waals surface area contributed by atoms with Gasteiger partial charge in [-0.1, -0.05) is 35.9 Å². The first-order valence-corrected chi connectivity index (χ1v) is 8.24. The highest BCUT2D eigenvalue weighted by Crippen LogP contribution is 2.22. The van der Waals surface area contributed by atoms with Gasteiger partial charge in [-0.2, -0.15) is 0 Å². The van der Waals surface area contributed by atoms with Crippen molar-refractivity contribution in [2.24, 2.45) is 0 Å². The fourth-order valence-corrected chi connectivity index (χ4v) is 2.86. The van der Waals surface area contributed by atoms with Crippen LogP contribution in [0, 0.1) is 0 Å². The maximum atomic E-state index is 12.1. The van der Waals surface area contributed by atoms with Crippen molar-refractivity contribution in [2.45, 2.75) is 19.4 Å². The first-order chi connectivity index (χ1) is 11.7. The molecule has 0 radical (unpaired) electrons. The van der Waals surface area contributed by atoms with Crippen LogP contribution in [0.3, 0.4) is 0 Å². The molecule has 0 bridgehead atoms. The Bertz CT molecular complexity index is 840. The third-order valence-corrected chi connectivity index (χ3v) is 4.26. The highest BCUT2D eigenvalue weighted by Gasteiger charge is 2.09. The predicted molar refractivity (Wildman–Crippen MR) is 96.1 cm³/mol. The molecule has 0 fully saturated rings. The molecule has 0 spiro atoms. The van der Waals surface area contributed by atoms with Crippen molar-refractivity contribution in [3.05, 3.63) is 70.4 Å². The molecule has 0 atom stereocenters. The summed E-state index contributed by atoms with van der Waals surface area (Å²) in [5, 5.41) is 13.6. The van der Waals surface area contributed by atoms with Crippen LogP contribution in [0.4, 0.5) is 0 Å². The predicted octanol–water partition coefficient (Wildman–Crippen LogP) is 3.22. The van der Waals surface area contributed by atoms with E-state index in [9.17, 15) is 4.79 Å². The van der Waals surface area contributed by atoms with E-state index in [-0.39, 0.29) is 12.5 Å². The third-order valence-electron chi connectivity index (χ3n) is 4.02. The van der Waals surface area contributed by atoms with Crippen LogP contribution >= 0.6 is 11.6 Å². The van der Waals surface area contributed by atoms with Gasteiger partial charge in [-0.05, 0) is 41.3 Å². The van der Waals surface area contributed by atoms with Crippen molar-refractivity contribution >= 4 is 28.4 Å². The van der Waals surface area contributed by atoms with Crippen molar-refractivity contribution < 1.29 is 9.90 Å². The SMILES string of the molecule is O=C(Cc1c[nH]c2ccc(Cl)cc12)NCCc1ccc(CO)cc1. The molecule has 1 amide bonds. The number of carbonyl (C=O) groups is 1. The average Bonchev–Trinajstić information content (AvgIpc) is 2.97. The lowest BCUT2D eigenvalue weighted by molar-refractivity contribution is -0.120. The Morgan fingerprint density at radius 3 is 2.62 bits per heavy atom. The maximum absolute atomic E-state index is 12.1. The van der Waals surface area contributed by atoms with Gasteiger partial charge in [0.2, 0.25) is 5.91 Å². The van der Waals surface area contributed by atoms with E-state index in [1.807, 2.05) is 48.7 Å². The molecule has 2 aromatic carbocycles. The van der Waals surface area contributed by atoms with Crippen LogP contribution in [-0.2, 0) is 24.2 Å². The van der Waals surface area contributed by atoms with Gasteiger partial charge in [0.15, 0.2) is 0 Å². The number of hydrogen-bond acceptors (Lipinski definition) is 2. The van der Waals surface area contributed by atoms with E-state index >= 15 is 0 Å². The van der Waals surface area contributed by atoms with Gasteiger partial charge in [0.25, 0.3) is 0 Å². The molecule has 1 aromatic heterocycles. The van der Waals surface area contributed by atoms with Gasteiger partial charge in [-0.25, -0.2) is 0 Å². The van der Waals surface area contributed by atoms with Gasteiger partial charge in [-0.3, -0.25) is 4.79 Å². The summed E-state index contributed by atoms with van der Waals surface area (Å²) < 4.78 is 0. The smallest absolute Gasteiger partial charge is 0.224 e. The lowest BCUT2D eigenvalue weighted by Gasteiger charge is -2.06. The molecule has 3 rings (SSSR count). The fourth-order valence-electron chi connectivity index (χ4n) is 2.69. The van der Waals surface area contributed by atoms with E-state index in [4.69, 9.17) is 16.7 Å². The lowest BCUT2D eigenvalue weighted by atomic mass is 10.1. The van der Waals surface area contributed by atoms with E-state index in [1.54, 1.807) is 0 Å². The Morgan fingerprint density at radius 1 is 1.12 bits per heavy atom. The minimum Gasteiger partial charge on any atom is -0.392 e. The first-order valence-electron chi connectivity index (χ1n) is 7.86. The Morgan fingerprint density at radius 2 is 1.88 bits per heavy atom. The van der Waals surface area contributed by atoms with Crippen LogP contribution in [-0.4, -0.2) is 22.5 Å². The number of nitrogens with one attached hydrogen (secondary N) is 2. The van der Waals surface area contributed by atoms with Crippen molar-refractivity contribution in [1.82, 2.24) is 10.3 Å². The zero-order chi connectivity index (χ0) is 16.9. The fraction of sp³-hybridized carbons (Fsp3) is 0.211. The molecule has 0 aliphatic carbocycles. The van der Waals surface area contributed by atoms with Crippen LogP contribution in [0.1, 0.15) is 16.7 Å². The van der Waals surface area contributed by atoms with Gasteiger partial charge >= 0.3 is 0 Å². The molecular weight excluding hydrogens is 324 g/mol. The quantitative estimate of drug-likeness (QED) is 0.644. The third kappa shape index (κ3) is 3.96. The molecule has 24 heavy (non-hydrogen) atoms. The number of halogens is 1. The summed E-state index contributed by atoms with van der Waals surface area (Å²) >= 11 is 6.03. The van der Waals surface area contributed by atoms with Crippen molar-refractivity contribution in [2.75, 3.05) is 6.54 Å². The maximum Gasteiger partial charge on any atom is 0.224 e. The molecule has 0 aliphatic rings. The number of aromatic nitrogens is 1. The monoisotopic (exact) mass is 342 g/mol. The van der Waals surface area contributed by atoms with Gasteiger partial charge in [-0.15, -0.1) is 0 Å². The number of amides is 1. The van der Waals surface area contributed by atoms with E-state index in [2.05, 4.69) is 10.3 Å². The number of aliphatic hydroxyl groups excluding tert-OH is 1. The largest absolute Gasteiger partial charge is 0.392 e. The number of carbonyl (C=O) groups excluding carboxylic acids is 1. The Balaban J connectivity index is 1.54. The Hall–Kier alpha value is -2.30. The standard InChI is InChI=1S/C19H19ClN2O2/c20-16-5-6-18-17(10-16)15(11-22-18)9-19(24)21-8-7-13-1-3-14(12-23)4-2-13/h1-6,10-11,22-23H,7-9,12H2,(H,21,24). The normalized spacial score (nSPS) is 10.9. The van der Waals surface area contributed by atoms with Crippen LogP contribution < -0.4 is 5.32 Å². The highest BCUT2D eigenvalue weighted by molar-refractivity contribution is 6.31. The number of fused-ring (bicyclic) bond motifs is 1. The van der Waals surface area contributed by atoms with Gasteiger partial charge < -0.3 is 15.4 Å². The number of benzene rings is 2. The highest BCUT2D eigenvalue weighted by atomic mass is 35.5. The van der Waals surface area contributed by atoms with E-state index in [0.717, 1.165) is 34.0 Å². The lowest BCUT2D eigenvalue weighted by Crippen LogP contribution is -2.27. The molecule has 124 valence electrons. The molecule has 5 heteroatoms. The topological polar surface area (TPSA) is 65.1 Å². The summed E-state index contributed by atoms with van der Waals surface area (Å²) in [7, 11) is 0.